The molecule has 2 N–H and O–H groups in total. The predicted octanol–water partition coefficient (Wildman–Crippen LogP) is 2.28. The maximum atomic E-state index is 12.1. The molecule has 2 aromatic rings. The van der Waals surface area contributed by atoms with Gasteiger partial charge in [0.2, 0.25) is 0 Å². The summed E-state index contributed by atoms with van der Waals surface area (Å²) < 4.78 is 25.5. The van der Waals surface area contributed by atoms with Gasteiger partial charge in [-0.15, -0.1) is 5.10 Å². The highest BCUT2D eigenvalue weighted by atomic mass is 16.7. The van der Waals surface area contributed by atoms with Gasteiger partial charge >= 0.3 is 12.3 Å². The van der Waals surface area contributed by atoms with Crippen LogP contribution in [0.15, 0.2) is 39.2 Å². The van der Waals surface area contributed by atoms with Crippen molar-refractivity contribution < 1.29 is 33.1 Å². The van der Waals surface area contributed by atoms with Gasteiger partial charge in [-0.2, -0.15) is 0 Å². The van der Waals surface area contributed by atoms with E-state index in [-0.39, 0.29) is 18.9 Å². The Morgan fingerprint density at radius 3 is 2.76 bits per heavy atom. The standard InChI is InChI=1S/C18H20N4O7/c1-9-15(27-17(23)25-3)13(11-5-4-6-12-14(11)21-22-29-12)16(10(2)20-9)28-18(24)26-8-7-19/h4-6,13,16H,7-8,19H2,1-3H3. The Morgan fingerprint density at radius 2 is 2.03 bits per heavy atom. The van der Waals surface area contributed by atoms with E-state index < -0.39 is 24.3 Å². The number of rotatable bonds is 5. The zero-order chi connectivity index (χ0) is 21.0. The summed E-state index contributed by atoms with van der Waals surface area (Å²) in [6, 6.07) is 5.15. The molecule has 0 fully saturated rings. The fraction of sp³-hybridized carbons (Fsp3) is 0.389. The Morgan fingerprint density at radius 1 is 1.24 bits per heavy atom. The number of aromatic nitrogens is 2. The van der Waals surface area contributed by atoms with Crippen LogP contribution in [-0.4, -0.2) is 54.8 Å². The van der Waals surface area contributed by atoms with Gasteiger partial charge in [-0.25, -0.2) is 9.59 Å². The Balaban J connectivity index is 2.09. The molecule has 2 atom stereocenters. The normalized spacial score (nSPS) is 19.0. The van der Waals surface area contributed by atoms with E-state index in [0.717, 1.165) is 0 Å². The summed E-state index contributed by atoms with van der Waals surface area (Å²) in [4.78, 5) is 28.3. The fourth-order valence-corrected chi connectivity index (χ4v) is 3.07. The summed E-state index contributed by atoms with van der Waals surface area (Å²) in [5, 5.41) is 7.58. The minimum atomic E-state index is -0.939. The summed E-state index contributed by atoms with van der Waals surface area (Å²) in [7, 11) is 1.19. The van der Waals surface area contributed by atoms with Crippen molar-refractivity contribution in [2.75, 3.05) is 20.3 Å². The molecule has 0 aliphatic carbocycles. The number of allylic oxidation sites excluding steroid dienone is 1. The van der Waals surface area contributed by atoms with Crippen LogP contribution in [0.1, 0.15) is 25.3 Å². The number of nitrogens with two attached hydrogens (primary N) is 1. The van der Waals surface area contributed by atoms with Gasteiger partial charge in [0.15, 0.2) is 11.7 Å². The monoisotopic (exact) mass is 404 g/mol. The first-order valence-corrected chi connectivity index (χ1v) is 8.72. The highest BCUT2D eigenvalue weighted by molar-refractivity contribution is 5.92. The molecule has 154 valence electrons. The molecule has 0 saturated heterocycles. The van der Waals surface area contributed by atoms with Gasteiger partial charge in [0.05, 0.1) is 24.4 Å². The first-order valence-electron chi connectivity index (χ1n) is 8.72. The summed E-state index contributed by atoms with van der Waals surface area (Å²) in [6.07, 6.45) is -2.80. The van der Waals surface area contributed by atoms with Crippen molar-refractivity contribution in [2.24, 2.45) is 10.7 Å². The lowest BCUT2D eigenvalue weighted by Crippen LogP contribution is -2.37. The SMILES string of the molecule is COC(=O)OC1=C(C)N=C(C)C(OC(=O)OCCN)C1c1cccc2onnc12. The van der Waals surface area contributed by atoms with Crippen LogP contribution in [0.2, 0.25) is 0 Å². The Kier molecular flexibility index (Phi) is 6.07. The number of hydrogen-bond donors (Lipinski definition) is 1. The van der Waals surface area contributed by atoms with Gasteiger partial charge in [-0.3, -0.25) is 4.99 Å². The molecule has 0 bridgehead atoms. The van der Waals surface area contributed by atoms with E-state index in [0.29, 0.717) is 28.1 Å². The average molecular weight is 404 g/mol. The highest BCUT2D eigenvalue weighted by Gasteiger charge is 2.40. The number of methoxy groups -OCH3 is 1. The van der Waals surface area contributed by atoms with Crippen LogP contribution in [-0.2, 0) is 18.9 Å². The number of benzene rings is 1. The van der Waals surface area contributed by atoms with Crippen molar-refractivity contribution in [2.45, 2.75) is 25.9 Å². The van der Waals surface area contributed by atoms with E-state index >= 15 is 0 Å². The second-order valence-corrected chi connectivity index (χ2v) is 6.13. The van der Waals surface area contributed by atoms with Crippen molar-refractivity contribution >= 4 is 29.1 Å². The van der Waals surface area contributed by atoms with Gasteiger partial charge in [0.1, 0.15) is 17.9 Å². The maximum absolute atomic E-state index is 12.1. The first kappa shape index (κ1) is 20.3. The zero-order valence-electron chi connectivity index (χ0n) is 16.1. The van der Waals surface area contributed by atoms with Crippen molar-refractivity contribution in [3.8, 4) is 0 Å². The average Bonchev–Trinajstić information content (AvgIpc) is 3.19. The molecule has 2 heterocycles. The third-order valence-electron chi connectivity index (χ3n) is 4.26. The molecule has 29 heavy (non-hydrogen) atoms. The lowest BCUT2D eigenvalue weighted by Gasteiger charge is -2.31. The maximum Gasteiger partial charge on any atom is 0.513 e. The summed E-state index contributed by atoms with van der Waals surface area (Å²) in [5.41, 5.74) is 7.66. The Bertz CT molecular complexity index is 981. The Labute approximate surface area is 165 Å². The molecule has 3 rings (SSSR count). The van der Waals surface area contributed by atoms with Crippen LogP contribution in [0.4, 0.5) is 9.59 Å². The molecule has 1 aliphatic heterocycles. The summed E-state index contributed by atoms with van der Waals surface area (Å²) in [6.45, 7) is 3.50. The molecule has 1 aromatic carbocycles. The number of carbonyl (C=O) groups is 2. The van der Waals surface area contributed by atoms with Crippen molar-refractivity contribution in [3.05, 3.63) is 35.2 Å². The molecular formula is C18H20N4O7. The molecular weight excluding hydrogens is 384 g/mol. The predicted molar refractivity (Wildman–Crippen MR) is 99.1 cm³/mol. The largest absolute Gasteiger partial charge is 0.513 e. The Hall–Kier alpha value is -3.47. The van der Waals surface area contributed by atoms with E-state index in [9.17, 15) is 9.59 Å². The number of fused-ring (bicyclic) bond motifs is 1. The second kappa shape index (κ2) is 8.69. The lowest BCUT2D eigenvalue weighted by atomic mass is 9.85. The van der Waals surface area contributed by atoms with E-state index in [4.69, 9.17) is 24.5 Å². The van der Waals surface area contributed by atoms with Crippen LogP contribution < -0.4 is 5.73 Å². The topological polar surface area (TPSA) is 148 Å². The van der Waals surface area contributed by atoms with Crippen molar-refractivity contribution in [3.63, 3.8) is 0 Å². The molecule has 11 nitrogen and oxygen atoms in total. The van der Waals surface area contributed by atoms with Gasteiger partial charge in [-0.05, 0) is 25.5 Å². The lowest BCUT2D eigenvalue weighted by molar-refractivity contribution is 0.0317. The molecule has 2 unspecified atom stereocenters. The van der Waals surface area contributed by atoms with Crippen LogP contribution in [0.3, 0.4) is 0 Å². The highest BCUT2D eigenvalue weighted by Crippen LogP contribution is 2.39. The summed E-state index contributed by atoms with van der Waals surface area (Å²) in [5.74, 6) is -0.623. The van der Waals surface area contributed by atoms with E-state index in [1.54, 1.807) is 32.0 Å². The van der Waals surface area contributed by atoms with Gasteiger partial charge in [-0.1, -0.05) is 12.1 Å². The van der Waals surface area contributed by atoms with Gasteiger partial charge in [0, 0.05) is 11.8 Å². The number of aliphatic imine (C=N–C) groups is 1. The van der Waals surface area contributed by atoms with Crippen LogP contribution in [0.25, 0.3) is 11.1 Å². The van der Waals surface area contributed by atoms with E-state index in [1.807, 2.05) is 0 Å². The number of nitrogens with zero attached hydrogens (tertiary/aromatic N) is 3. The molecule has 0 saturated carbocycles. The number of carbonyl (C=O) groups excluding carboxylic acids is 2. The molecule has 0 amide bonds. The smallest absolute Gasteiger partial charge is 0.437 e. The quantitative estimate of drug-likeness (QED) is 0.735. The molecule has 0 radical (unpaired) electrons. The first-order chi connectivity index (χ1) is 14.0. The minimum absolute atomic E-state index is 0.00438. The summed E-state index contributed by atoms with van der Waals surface area (Å²) >= 11 is 0. The zero-order valence-corrected chi connectivity index (χ0v) is 16.1. The van der Waals surface area contributed by atoms with Crippen LogP contribution >= 0.6 is 0 Å². The third kappa shape index (κ3) is 4.19. The van der Waals surface area contributed by atoms with Crippen LogP contribution in [0, 0.1) is 0 Å². The van der Waals surface area contributed by atoms with Crippen molar-refractivity contribution in [1.29, 1.82) is 0 Å². The fourth-order valence-electron chi connectivity index (χ4n) is 3.07. The third-order valence-corrected chi connectivity index (χ3v) is 4.26. The second-order valence-electron chi connectivity index (χ2n) is 6.13. The minimum Gasteiger partial charge on any atom is -0.437 e. The van der Waals surface area contributed by atoms with Crippen LogP contribution in [0.5, 0.6) is 0 Å². The number of ether oxygens (including phenoxy) is 4. The molecule has 1 aromatic heterocycles. The van der Waals surface area contributed by atoms with E-state index in [2.05, 4.69) is 20.1 Å². The van der Waals surface area contributed by atoms with Gasteiger partial charge < -0.3 is 29.2 Å². The molecule has 0 spiro atoms. The van der Waals surface area contributed by atoms with E-state index in [1.165, 1.54) is 7.11 Å². The number of hydrogen-bond acceptors (Lipinski definition) is 11. The molecule has 1 aliphatic rings. The van der Waals surface area contributed by atoms with Gasteiger partial charge in [0.25, 0.3) is 0 Å². The van der Waals surface area contributed by atoms with Crippen molar-refractivity contribution in [1.82, 2.24) is 10.4 Å². The molecule has 11 heteroatoms.